The molecule has 2 heterocycles. The summed E-state index contributed by atoms with van der Waals surface area (Å²) in [4.78, 5) is 10.9. The number of aromatic nitrogens is 3. The number of sulfonamides is 1. The molecule has 0 atom stereocenters. The Kier molecular flexibility index (Phi) is 4.87. The molecule has 0 spiro atoms. The molecule has 1 aliphatic heterocycles. The van der Waals surface area contributed by atoms with Crippen molar-refractivity contribution in [1.29, 1.82) is 0 Å². The van der Waals surface area contributed by atoms with Gasteiger partial charge in [0.1, 0.15) is 12.2 Å². The van der Waals surface area contributed by atoms with Gasteiger partial charge in [-0.1, -0.05) is 12.1 Å². The maximum Gasteiger partial charge on any atom is 0.307 e. The predicted molar refractivity (Wildman–Crippen MR) is 89.5 cm³/mol. The lowest BCUT2D eigenvalue weighted by Gasteiger charge is -2.30. The largest absolute Gasteiger partial charge is 0.481 e. The van der Waals surface area contributed by atoms with Crippen molar-refractivity contribution in [2.45, 2.75) is 30.1 Å². The fourth-order valence-corrected chi connectivity index (χ4v) is 4.59. The Hall–Kier alpha value is -2.26. The van der Waals surface area contributed by atoms with Crippen LogP contribution in [0.4, 0.5) is 0 Å². The van der Waals surface area contributed by atoms with Crippen LogP contribution < -0.4 is 0 Å². The number of carbonyl (C=O) groups is 1. The molecule has 2 aromatic rings. The number of aryl methyl sites for hydroxylation is 1. The molecule has 0 bridgehead atoms. The lowest BCUT2D eigenvalue weighted by molar-refractivity contribution is -0.136. The monoisotopic (exact) mass is 364 g/mol. The predicted octanol–water partition coefficient (Wildman–Crippen LogP) is 1.01. The fourth-order valence-electron chi connectivity index (χ4n) is 3.12. The normalized spacial score (nSPS) is 16.8. The lowest BCUT2D eigenvalue weighted by atomic mass is 9.97. The van der Waals surface area contributed by atoms with E-state index in [0.717, 1.165) is 5.82 Å². The maximum absolute atomic E-state index is 12.8. The first-order chi connectivity index (χ1) is 11.9. The number of hydrogen-bond acceptors (Lipinski definition) is 5. The van der Waals surface area contributed by atoms with Crippen molar-refractivity contribution in [1.82, 2.24) is 19.1 Å². The van der Waals surface area contributed by atoms with Crippen molar-refractivity contribution in [3.63, 3.8) is 0 Å². The molecular weight excluding hydrogens is 344 g/mol. The minimum absolute atomic E-state index is 0.122. The number of piperidine rings is 1. The van der Waals surface area contributed by atoms with Gasteiger partial charge in [-0.2, -0.15) is 4.31 Å². The van der Waals surface area contributed by atoms with Crippen LogP contribution in [-0.2, 0) is 28.3 Å². The van der Waals surface area contributed by atoms with Gasteiger partial charge in [0.05, 0.1) is 11.3 Å². The summed E-state index contributed by atoms with van der Waals surface area (Å²) in [6.07, 6.45) is 2.92. The van der Waals surface area contributed by atoms with Gasteiger partial charge in [-0.3, -0.25) is 4.79 Å². The number of aliphatic carboxylic acids is 1. The number of hydrogen-bond donors (Lipinski definition) is 1. The number of carboxylic acids is 1. The third-order valence-corrected chi connectivity index (χ3v) is 6.39. The second kappa shape index (κ2) is 6.93. The van der Waals surface area contributed by atoms with E-state index in [0.29, 0.717) is 31.5 Å². The zero-order valence-corrected chi connectivity index (χ0v) is 14.7. The minimum Gasteiger partial charge on any atom is -0.481 e. The summed E-state index contributed by atoms with van der Waals surface area (Å²) in [5.74, 6) is 0.147. The van der Waals surface area contributed by atoms with E-state index in [1.807, 2.05) is 11.6 Å². The number of benzene rings is 1. The fraction of sp³-hybridized carbons (Fsp3) is 0.438. The van der Waals surface area contributed by atoms with E-state index < -0.39 is 16.0 Å². The highest BCUT2D eigenvalue weighted by molar-refractivity contribution is 7.89. The molecule has 0 amide bonds. The summed E-state index contributed by atoms with van der Waals surface area (Å²) < 4.78 is 28.9. The van der Waals surface area contributed by atoms with Crippen LogP contribution >= 0.6 is 0 Å². The Morgan fingerprint density at radius 2 is 1.88 bits per heavy atom. The lowest BCUT2D eigenvalue weighted by Crippen LogP contribution is -2.38. The van der Waals surface area contributed by atoms with Gasteiger partial charge < -0.3 is 9.67 Å². The average molecular weight is 364 g/mol. The molecule has 1 N–H and O–H groups in total. The molecule has 8 nitrogen and oxygen atoms in total. The summed E-state index contributed by atoms with van der Waals surface area (Å²) in [5.41, 5.74) is 0.576. The van der Waals surface area contributed by atoms with Crippen molar-refractivity contribution in [3.05, 3.63) is 42.0 Å². The van der Waals surface area contributed by atoms with E-state index in [-0.39, 0.29) is 17.2 Å². The molecular formula is C16H20N4O4S. The van der Waals surface area contributed by atoms with Gasteiger partial charge in [0.2, 0.25) is 10.0 Å². The first-order valence-electron chi connectivity index (χ1n) is 8.02. The van der Waals surface area contributed by atoms with Gasteiger partial charge in [0, 0.05) is 26.1 Å². The summed E-state index contributed by atoms with van der Waals surface area (Å²) in [6, 6.07) is 6.05. The highest BCUT2D eigenvalue weighted by atomic mass is 32.2. The van der Waals surface area contributed by atoms with E-state index in [4.69, 9.17) is 5.11 Å². The molecule has 25 heavy (non-hydrogen) atoms. The van der Waals surface area contributed by atoms with E-state index in [2.05, 4.69) is 10.2 Å². The van der Waals surface area contributed by atoms with Crippen LogP contribution in [0.3, 0.4) is 0 Å². The first-order valence-corrected chi connectivity index (χ1v) is 9.46. The summed E-state index contributed by atoms with van der Waals surface area (Å²) >= 11 is 0. The number of nitrogens with zero attached hydrogens (tertiary/aromatic N) is 4. The smallest absolute Gasteiger partial charge is 0.307 e. The molecule has 0 aliphatic carbocycles. The van der Waals surface area contributed by atoms with Crippen molar-refractivity contribution >= 4 is 16.0 Å². The minimum atomic E-state index is -3.57. The molecule has 1 aromatic heterocycles. The van der Waals surface area contributed by atoms with Gasteiger partial charge in [0.25, 0.3) is 0 Å². The van der Waals surface area contributed by atoms with Gasteiger partial charge in [0.15, 0.2) is 0 Å². The van der Waals surface area contributed by atoms with E-state index >= 15 is 0 Å². The first kappa shape index (κ1) is 17.6. The van der Waals surface area contributed by atoms with Crippen molar-refractivity contribution < 1.29 is 18.3 Å². The molecule has 0 saturated carbocycles. The highest BCUT2D eigenvalue weighted by Gasteiger charge is 2.31. The molecule has 134 valence electrons. The second-order valence-corrected chi connectivity index (χ2v) is 8.13. The second-order valence-electron chi connectivity index (χ2n) is 6.19. The quantitative estimate of drug-likeness (QED) is 0.849. The van der Waals surface area contributed by atoms with Crippen LogP contribution in [0.1, 0.15) is 30.1 Å². The maximum atomic E-state index is 12.8. The summed E-state index contributed by atoms with van der Waals surface area (Å²) in [7, 11) is -1.68. The van der Waals surface area contributed by atoms with Crippen LogP contribution in [-0.4, -0.2) is 51.7 Å². The Bertz CT molecular complexity index is 853. The highest BCUT2D eigenvalue weighted by Crippen LogP contribution is 2.29. The molecule has 1 fully saturated rings. The third kappa shape index (κ3) is 3.72. The van der Waals surface area contributed by atoms with Crippen LogP contribution in [0, 0.1) is 0 Å². The van der Waals surface area contributed by atoms with E-state index in [9.17, 15) is 13.2 Å². The van der Waals surface area contributed by atoms with Gasteiger partial charge >= 0.3 is 5.97 Å². The van der Waals surface area contributed by atoms with Gasteiger partial charge in [-0.25, -0.2) is 8.42 Å². The molecule has 3 rings (SSSR count). The van der Waals surface area contributed by atoms with Gasteiger partial charge in [-0.15, -0.1) is 10.2 Å². The van der Waals surface area contributed by atoms with Gasteiger partial charge in [-0.05, 0) is 30.5 Å². The standard InChI is InChI=1S/C16H20N4O4S/c1-19-11-17-18-16(19)13-6-8-20(9-7-13)25(23,24)14-4-2-12(3-5-14)10-15(21)22/h2-5,11,13H,6-10H2,1H3,(H,21,22). The molecule has 0 radical (unpaired) electrons. The van der Waals surface area contributed by atoms with Crippen molar-refractivity contribution in [2.75, 3.05) is 13.1 Å². The zero-order valence-electron chi connectivity index (χ0n) is 13.9. The van der Waals surface area contributed by atoms with Crippen LogP contribution in [0.2, 0.25) is 0 Å². The molecule has 9 heteroatoms. The molecule has 1 aliphatic rings. The number of rotatable bonds is 5. The number of carboxylic acid groups (broad SMARTS) is 1. The van der Waals surface area contributed by atoms with E-state index in [1.165, 1.54) is 16.4 Å². The van der Waals surface area contributed by atoms with E-state index in [1.54, 1.807) is 18.5 Å². The van der Waals surface area contributed by atoms with Crippen molar-refractivity contribution in [2.24, 2.45) is 7.05 Å². The van der Waals surface area contributed by atoms with Crippen LogP contribution in [0.15, 0.2) is 35.5 Å². The summed E-state index contributed by atoms with van der Waals surface area (Å²) in [6.45, 7) is 0.855. The average Bonchev–Trinajstić information content (AvgIpc) is 3.01. The summed E-state index contributed by atoms with van der Waals surface area (Å²) in [5, 5.41) is 16.8. The third-order valence-electron chi connectivity index (χ3n) is 4.48. The molecule has 1 saturated heterocycles. The Labute approximate surface area is 146 Å². The topological polar surface area (TPSA) is 105 Å². The van der Waals surface area contributed by atoms with Crippen LogP contribution in [0.5, 0.6) is 0 Å². The Morgan fingerprint density at radius 3 is 2.40 bits per heavy atom. The Morgan fingerprint density at radius 1 is 1.24 bits per heavy atom. The van der Waals surface area contributed by atoms with Crippen molar-refractivity contribution in [3.8, 4) is 0 Å². The molecule has 1 aromatic carbocycles. The SMILES string of the molecule is Cn1cnnc1C1CCN(S(=O)(=O)c2ccc(CC(=O)O)cc2)CC1. The molecule has 0 unspecified atom stereocenters. The van der Waals surface area contributed by atoms with Crippen LogP contribution in [0.25, 0.3) is 0 Å². The zero-order chi connectivity index (χ0) is 18.0. The Balaban J connectivity index is 1.69.